The van der Waals surface area contributed by atoms with Gasteiger partial charge >= 0.3 is 0 Å². The molecule has 0 radical (unpaired) electrons. The van der Waals surface area contributed by atoms with Gasteiger partial charge in [-0.2, -0.15) is 0 Å². The first-order chi connectivity index (χ1) is 12.4. The summed E-state index contributed by atoms with van der Waals surface area (Å²) in [7, 11) is 0. The minimum Gasteiger partial charge on any atom is -0.321 e. The molecule has 0 saturated carbocycles. The van der Waals surface area contributed by atoms with E-state index in [1.54, 1.807) is 6.07 Å². The van der Waals surface area contributed by atoms with Crippen LogP contribution in [0.2, 0.25) is 5.02 Å². The van der Waals surface area contributed by atoms with Crippen LogP contribution in [-0.2, 0) is 6.54 Å². The van der Waals surface area contributed by atoms with E-state index < -0.39 is 11.7 Å². The topological polar surface area (TPSA) is 51.1 Å². The average Bonchev–Trinajstić information content (AvgIpc) is 2.61. The smallest absolute Gasteiger partial charge is 0.256 e. The van der Waals surface area contributed by atoms with Crippen LogP contribution in [0.4, 0.5) is 10.1 Å². The third kappa shape index (κ3) is 4.20. The molecule has 1 heterocycles. The molecule has 132 valence electrons. The van der Waals surface area contributed by atoms with Gasteiger partial charge in [0, 0.05) is 21.8 Å². The van der Waals surface area contributed by atoms with Crippen LogP contribution in [0.25, 0.3) is 0 Å². The lowest BCUT2D eigenvalue weighted by molar-refractivity contribution is 0.102. The number of anilines is 1. The number of pyridine rings is 1. The molecular formula is C19H13BrClFN2O2. The van der Waals surface area contributed by atoms with E-state index in [4.69, 9.17) is 11.6 Å². The average molecular weight is 436 g/mol. The number of nitrogens with one attached hydrogen (secondary N) is 1. The minimum atomic E-state index is -0.512. The summed E-state index contributed by atoms with van der Waals surface area (Å²) in [6.45, 7) is 0.270. The fraction of sp³-hybridized carbons (Fsp3) is 0.0526. The number of hydrogen-bond donors (Lipinski definition) is 1. The van der Waals surface area contributed by atoms with Crippen molar-refractivity contribution in [2.75, 3.05) is 5.32 Å². The number of carbonyl (C=O) groups excluding carboxylic acids is 1. The molecule has 0 unspecified atom stereocenters. The lowest BCUT2D eigenvalue weighted by Gasteiger charge is -2.11. The summed E-state index contributed by atoms with van der Waals surface area (Å²) in [5.74, 6) is -0.999. The molecule has 3 aromatic rings. The third-order valence-electron chi connectivity index (χ3n) is 3.71. The van der Waals surface area contributed by atoms with E-state index >= 15 is 0 Å². The molecule has 0 aliphatic heterocycles. The molecule has 1 N–H and O–H groups in total. The van der Waals surface area contributed by atoms with Crippen LogP contribution in [0.1, 0.15) is 15.9 Å². The maximum atomic E-state index is 13.4. The highest BCUT2D eigenvalue weighted by Gasteiger charge is 2.12. The molecule has 1 aromatic heterocycles. The molecule has 1 amide bonds. The summed E-state index contributed by atoms with van der Waals surface area (Å²) in [6, 6.07) is 13.9. The van der Waals surface area contributed by atoms with Gasteiger partial charge in [0.05, 0.1) is 17.8 Å². The second-order valence-corrected chi connectivity index (χ2v) is 6.82. The van der Waals surface area contributed by atoms with Gasteiger partial charge in [-0.3, -0.25) is 9.59 Å². The Hall–Kier alpha value is -2.44. The summed E-state index contributed by atoms with van der Waals surface area (Å²) >= 11 is 9.36. The normalized spacial score (nSPS) is 10.6. The molecule has 26 heavy (non-hydrogen) atoms. The van der Waals surface area contributed by atoms with Crippen LogP contribution >= 0.6 is 27.5 Å². The van der Waals surface area contributed by atoms with Gasteiger partial charge in [0.15, 0.2) is 0 Å². The minimum absolute atomic E-state index is 0.161. The van der Waals surface area contributed by atoms with Crippen molar-refractivity contribution in [1.29, 1.82) is 0 Å². The zero-order valence-electron chi connectivity index (χ0n) is 13.4. The van der Waals surface area contributed by atoms with Crippen molar-refractivity contribution in [2.24, 2.45) is 0 Å². The second-order valence-electron chi connectivity index (χ2n) is 5.55. The quantitative estimate of drug-likeness (QED) is 0.645. The highest BCUT2D eigenvalue weighted by molar-refractivity contribution is 9.10. The molecule has 4 nitrogen and oxygen atoms in total. The van der Waals surface area contributed by atoms with Gasteiger partial charge in [0.25, 0.3) is 11.5 Å². The highest BCUT2D eigenvalue weighted by atomic mass is 79.9. The van der Waals surface area contributed by atoms with Gasteiger partial charge in [-0.25, -0.2) is 4.39 Å². The fourth-order valence-electron chi connectivity index (χ4n) is 2.41. The van der Waals surface area contributed by atoms with Gasteiger partial charge in [-0.1, -0.05) is 29.8 Å². The third-order valence-corrected chi connectivity index (χ3v) is 4.77. The maximum Gasteiger partial charge on any atom is 0.256 e. The van der Waals surface area contributed by atoms with Crippen molar-refractivity contribution in [3.05, 3.63) is 97.6 Å². The van der Waals surface area contributed by atoms with Crippen LogP contribution < -0.4 is 10.9 Å². The van der Waals surface area contributed by atoms with Crippen molar-refractivity contribution in [3.63, 3.8) is 0 Å². The Morgan fingerprint density at radius 3 is 2.69 bits per heavy atom. The van der Waals surface area contributed by atoms with Crippen LogP contribution in [0.15, 0.2) is 70.1 Å². The van der Waals surface area contributed by atoms with Crippen molar-refractivity contribution in [2.45, 2.75) is 6.54 Å². The molecule has 0 atom stereocenters. The number of aromatic nitrogens is 1. The van der Waals surface area contributed by atoms with E-state index in [1.807, 2.05) is 18.2 Å². The molecule has 0 aliphatic rings. The fourth-order valence-corrected chi connectivity index (χ4v) is 3.03. The Balaban J connectivity index is 1.86. The largest absolute Gasteiger partial charge is 0.321 e. The molecule has 0 aliphatic carbocycles. The number of carbonyl (C=O) groups is 1. The van der Waals surface area contributed by atoms with Crippen LogP contribution in [-0.4, -0.2) is 10.5 Å². The number of hydrogen-bond acceptors (Lipinski definition) is 2. The number of nitrogens with zero attached hydrogens (tertiary/aromatic N) is 1. The molecular weight excluding hydrogens is 423 g/mol. The van der Waals surface area contributed by atoms with Gasteiger partial charge in [-0.05, 0) is 51.8 Å². The monoisotopic (exact) mass is 434 g/mol. The predicted molar refractivity (Wildman–Crippen MR) is 103 cm³/mol. The zero-order chi connectivity index (χ0) is 18.7. The lowest BCUT2D eigenvalue weighted by Crippen LogP contribution is -2.21. The maximum absolute atomic E-state index is 13.4. The van der Waals surface area contributed by atoms with Crippen molar-refractivity contribution >= 4 is 39.1 Å². The Labute approximate surface area is 162 Å². The molecule has 0 spiro atoms. The standard InChI is InChI=1S/C19H13BrClFN2O2/c20-16-7-5-13(22)9-15(16)19(26)23-14-6-8-18(25)24(11-14)10-12-3-1-2-4-17(12)21/h1-9,11H,10H2,(H,23,26). The molecule has 3 rings (SSSR count). The Kier molecular flexibility index (Phi) is 5.54. The first kappa shape index (κ1) is 18.4. The van der Waals surface area contributed by atoms with Gasteiger partial charge in [0.2, 0.25) is 0 Å². The summed E-state index contributed by atoms with van der Waals surface area (Å²) < 4.78 is 15.3. The summed E-state index contributed by atoms with van der Waals surface area (Å²) in [5.41, 5.74) is 1.13. The second kappa shape index (κ2) is 7.85. The van der Waals surface area contributed by atoms with E-state index in [2.05, 4.69) is 21.2 Å². The zero-order valence-corrected chi connectivity index (χ0v) is 15.7. The van der Waals surface area contributed by atoms with E-state index in [0.717, 1.165) is 11.6 Å². The number of halogens is 3. The van der Waals surface area contributed by atoms with Gasteiger partial charge in [0.1, 0.15) is 5.82 Å². The first-order valence-corrected chi connectivity index (χ1v) is 8.81. The predicted octanol–water partition coefficient (Wildman–Crippen LogP) is 4.70. The summed E-state index contributed by atoms with van der Waals surface area (Å²) in [4.78, 5) is 24.5. The molecule has 7 heteroatoms. The Bertz CT molecular complexity index is 1040. The highest BCUT2D eigenvalue weighted by Crippen LogP contribution is 2.20. The van der Waals surface area contributed by atoms with Crippen molar-refractivity contribution < 1.29 is 9.18 Å². The van der Waals surface area contributed by atoms with E-state index in [9.17, 15) is 14.0 Å². The molecule has 2 aromatic carbocycles. The first-order valence-electron chi connectivity index (χ1n) is 7.64. The lowest BCUT2D eigenvalue weighted by atomic mass is 10.2. The SMILES string of the molecule is O=C(Nc1ccc(=O)n(Cc2ccccc2Cl)c1)c1cc(F)ccc1Br. The number of benzene rings is 2. The van der Waals surface area contributed by atoms with E-state index in [-0.39, 0.29) is 17.7 Å². The van der Waals surface area contributed by atoms with Gasteiger partial charge in [-0.15, -0.1) is 0 Å². The molecule has 0 saturated heterocycles. The van der Waals surface area contributed by atoms with Crippen LogP contribution in [0.3, 0.4) is 0 Å². The molecule has 0 fully saturated rings. The van der Waals surface area contributed by atoms with E-state index in [0.29, 0.717) is 15.2 Å². The van der Waals surface area contributed by atoms with Gasteiger partial charge < -0.3 is 9.88 Å². The number of amides is 1. The van der Waals surface area contributed by atoms with Crippen LogP contribution in [0, 0.1) is 5.82 Å². The Morgan fingerprint density at radius 1 is 1.15 bits per heavy atom. The van der Waals surface area contributed by atoms with Crippen molar-refractivity contribution in [1.82, 2.24) is 4.57 Å². The molecule has 0 bridgehead atoms. The van der Waals surface area contributed by atoms with E-state index in [1.165, 1.54) is 35.0 Å². The summed E-state index contributed by atoms with van der Waals surface area (Å²) in [6.07, 6.45) is 1.52. The van der Waals surface area contributed by atoms with Crippen molar-refractivity contribution in [3.8, 4) is 0 Å². The number of rotatable bonds is 4. The summed E-state index contributed by atoms with van der Waals surface area (Å²) in [5, 5.41) is 3.22. The Morgan fingerprint density at radius 2 is 1.92 bits per heavy atom. The van der Waals surface area contributed by atoms with Crippen LogP contribution in [0.5, 0.6) is 0 Å².